The molecule has 47 heavy (non-hydrogen) atoms. The second-order valence-corrected chi connectivity index (χ2v) is 15.1. The van der Waals surface area contributed by atoms with Gasteiger partial charge in [-0.15, -0.1) is 5.10 Å². The van der Waals surface area contributed by atoms with Gasteiger partial charge in [0.05, 0.1) is 17.6 Å². The Labute approximate surface area is 277 Å². The first-order valence-electron chi connectivity index (χ1n) is 15.5. The van der Waals surface area contributed by atoms with Crippen molar-refractivity contribution in [2.75, 3.05) is 31.6 Å². The number of rotatable bonds is 14. The molecule has 3 aromatic heterocycles. The molecule has 0 aromatic carbocycles. The summed E-state index contributed by atoms with van der Waals surface area (Å²) in [6, 6.07) is 7.12. The molecule has 256 valence electrons. The van der Waals surface area contributed by atoms with Crippen molar-refractivity contribution < 1.29 is 31.1 Å². The number of amides is 1. The first-order chi connectivity index (χ1) is 22.1. The minimum atomic E-state index is -4.27. The number of anilines is 1. The Morgan fingerprint density at radius 3 is 2.57 bits per heavy atom. The molecule has 5 rings (SSSR count). The Morgan fingerprint density at radius 1 is 1.19 bits per heavy atom. The molecule has 0 spiro atoms. The van der Waals surface area contributed by atoms with Gasteiger partial charge in [0.25, 0.3) is 15.9 Å². The number of unbranched alkanes of at least 4 members (excludes halogenated alkanes) is 1. The summed E-state index contributed by atoms with van der Waals surface area (Å²) in [5.74, 6) is 0.592. The third kappa shape index (κ3) is 8.54. The minimum absolute atomic E-state index is 0.0939. The Balaban J connectivity index is 1.11. The van der Waals surface area contributed by atoms with E-state index in [0.29, 0.717) is 11.7 Å². The number of carbonyl (C=O) groups is 1. The maximum absolute atomic E-state index is 13.1. The normalized spacial score (nSPS) is 18.6. The van der Waals surface area contributed by atoms with E-state index in [1.165, 1.54) is 47.8 Å². The van der Waals surface area contributed by atoms with Gasteiger partial charge in [0.1, 0.15) is 15.9 Å². The number of hydrogen-bond acceptors (Lipinski definition) is 9. The molecule has 1 aliphatic carbocycles. The molecule has 11 nitrogen and oxygen atoms in total. The number of pyridine rings is 2. The van der Waals surface area contributed by atoms with Gasteiger partial charge in [0, 0.05) is 37.6 Å². The van der Waals surface area contributed by atoms with Crippen molar-refractivity contribution >= 4 is 33.3 Å². The number of ether oxygens (including phenoxy) is 1. The zero-order valence-electron chi connectivity index (χ0n) is 26.5. The van der Waals surface area contributed by atoms with Crippen molar-refractivity contribution in [3.05, 3.63) is 53.4 Å². The summed E-state index contributed by atoms with van der Waals surface area (Å²) < 4.78 is 73.9. The van der Waals surface area contributed by atoms with Crippen LogP contribution in [0.2, 0.25) is 5.15 Å². The minimum Gasteiger partial charge on any atom is -0.477 e. The average Bonchev–Trinajstić information content (AvgIpc) is 3.53. The molecule has 2 N–H and O–H groups in total. The Morgan fingerprint density at radius 2 is 1.96 bits per heavy atom. The smallest absolute Gasteiger partial charge is 0.394 e. The molecule has 0 radical (unpaired) electrons. The quantitative estimate of drug-likeness (QED) is 0.165. The van der Waals surface area contributed by atoms with E-state index in [1.54, 1.807) is 6.07 Å². The van der Waals surface area contributed by atoms with E-state index in [2.05, 4.69) is 34.2 Å². The third-order valence-electron chi connectivity index (χ3n) is 8.84. The van der Waals surface area contributed by atoms with E-state index in [4.69, 9.17) is 16.3 Å². The number of alkyl halides is 3. The summed E-state index contributed by atoms with van der Waals surface area (Å²) in [7, 11) is -2.37. The Bertz CT molecular complexity index is 1680. The second kappa shape index (κ2) is 13.6. The molecule has 1 saturated heterocycles. The summed E-state index contributed by atoms with van der Waals surface area (Å²) in [6.45, 7) is 6.13. The number of nitrogens with zero attached hydrogens (tertiary/aromatic N) is 5. The number of nitrogens with one attached hydrogen (secondary N) is 2. The van der Waals surface area contributed by atoms with E-state index >= 15 is 0 Å². The monoisotopic (exact) mass is 697 g/mol. The zero-order valence-corrected chi connectivity index (χ0v) is 28.1. The van der Waals surface area contributed by atoms with E-state index in [0.717, 1.165) is 32.4 Å². The van der Waals surface area contributed by atoms with Crippen molar-refractivity contribution in [1.29, 1.82) is 0 Å². The summed E-state index contributed by atoms with van der Waals surface area (Å²) in [5, 5.41) is 7.41. The molecule has 0 bridgehead atoms. The number of hydrogen-bond donors (Lipinski definition) is 2. The lowest BCUT2D eigenvalue weighted by Gasteiger charge is -2.19. The van der Waals surface area contributed by atoms with Crippen LogP contribution in [0, 0.1) is 11.3 Å². The molecule has 2 fully saturated rings. The van der Waals surface area contributed by atoms with Gasteiger partial charge in [-0.05, 0) is 89.1 Å². The second-order valence-electron chi connectivity index (χ2n) is 13.0. The first kappa shape index (κ1) is 34.9. The van der Waals surface area contributed by atoms with Crippen molar-refractivity contribution in [3.63, 3.8) is 0 Å². The molecule has 1 amide bonds. The van der Waals surface area contributed by atoms with E-state index in [1.807, 2.05) is 16.7 Å². The summed E-state index contributed by atoms with van der Waals surface area (Å²) in [4.78, 5) is 23.0. The van der Waals surface area contributed by atoms with Crippen molar-refractivity contribution in [3.8, 4) is 11.7 Å². The Hall–Kier alpha value is -3.43. The summed E-state index contributed by atoms with van der Waals surface area (Å²) >= 11 is 6.23. The van der Waals surface area contributed by atoms with Crippen LogP contribution in [0.4, 0.5) is 19.0 Å². The van der Waals surface area contributed by atoms with Gasteiger partial charge in [-0.1, -0.05) is 18.0 Å². The van der Waals surface area contributed by atoms with Gasteiger partial charge in [-0.25, -0.2) is 27.8 Å². The highest BCUT2D eigenvalue weighted by molar-refractivity contribution is 7.90. The van der Waals surface area contributed by atoms with Gasteiger partial charge in [0.2, 0.25) is 5.88 Å². The molecule has 16 heteroatoms. The van der Waals surface area contributed by atoms with E-state index in [9.17, 15) is 26.4 Å². The van der Waals surface area contributed by atoms with Crippen LogP contribution in [-0.2, 0) is 10.0 Å². The molecule has 1 aliphatic heterocycles. The fraction of sp³-hybridized carbons (Fsp3) is 0.548. The zero-order chi connectivity index (χ0) is 34.0. The summed E-state index contributed by atoms with van der Waals surface area (Å²) in [6.07, 6.45) is 2.85. The number of sulfonamides is 1. The highest BCUT2D eigenvalue weighted by atomic mass is 35.5. The van der Waals surface area contributed by atoms with Crippen molar-refractivity contribution in [2.24, 2.45) is 11.3 Å². The van der Waals surface area contributed by atoms with Gasteiger partial charge in [0.15, 0.2) is 5.82 Å². The van der Waals surface area contributed by atoms with Crippen molar-refractivity contribution in [2.45, 2.75) is 75.4 Å². The molecule has 1 unspecified atom stereocenters. The molecule has 3 aromatic rings. The standard InChI is InChI=1S/C31H39ClF3N7O4S/c1-29(2)18-21(19-37-29)6-4-5-15-41(3)24-9-7-22(20-36-24)47(44,45)40-28(43)23-8-10-25(38-27(23)32)42-16-11-26(39-42)46-17-14-30(12-13-30)31(33,34)35/h7-11,16,20-21,37H,4-6,12-15,17-19H2,1-3H3,(H,40,43). The topological polar surface area (TPSA) is 131 Å². The predicted molar refractivity (Wildman–Crippen MR) is 170 cm³/mol. The maximum Gasteiger partial charge on any atom is 0.394 e. The van der Waals surface area contributed by atoms with Gasteiger partial charge in [-0.3, -0.25) is 4.79 Å². The van der Waals surface area contributed by atoms with Gasteiger partial charge < -0.3 is 15.0 Å². The third-order valence-corrected chi connectivity index (χ3v) is 10.4. The fourth-order valence-corrected chi connectivity index (χ4v) is 6.94. The van der Waals surface area contributed by atoms with Crippen LogP contribution < -0.4 is 19.7 Å². The lowest BCUT2D eigenvalue weighted by atomic mass is 9.93. The van der Waals surface area contributed by atoms with Crippen molar-refractivity contribution in [1.82, 2.24) is 29.8 Å². The lowest BCUT2D eigenvalue weighted by Crippen LogP contribution is -2.31. The van der Waals surface area contributed by atoms with E-state index < -0.39 is 27.5 Å². The lowest BCUT2D eigenvalue weighted by molar-refractivity contribution is -0.190. The molecular weight excluding hydrogens is 659 g/mol. The molecule has 4 heterocycles. The van der Waals surface area contributed by atoms with Gasteiger partial charge >= 0.3 is 6.18 Å². The largest absolute Gasteiger partial charge is 0.477 e. The van der Waals surface area contributed by atoms with Crippen LogP contribution in [0.25, 0.3) is 5.82 Å². The highest BCUT2D eigenvalue weighted by Gasteiger charge is 2.62. The summed E-state index contributed by atoms with van der Waals surface area (Å²) in [5.41, 5.74) is -1.65. The Kier molecular flexibility index (Phi) is 10.1. The maximum atomic E-state index is 13.1. The van der Waals surface area contributed by atoms with E-state index in [-0.39, 0.29) is 58.7 Å². The number of halogens is 4. The SMILES string of the molecule is CN(CCCCC1CNC(C)(C)C1)c1ccc(S(=O)(=O)NC(=O)c2ccc(-n3ccc(OCCC4(C(F)(F)F)CC4)n3)nc2Cl)cn1. The fourth-order valence-electron chi connectivity index (χ4n) is 5.79. The first-order valence-corrected chi connectivity index (χ1v) is 17.4. The van der Waals surface area contributed by atoms with Crippen LogP contribution in [0.1, 0.15) is 69.2 Å². The molecule has 1 saturated carbocycles. The van der Waals surface area contributed by atoms with Gasteiger partial charge in [-0.2, -0.15) is 13.2 Å². The molecule has 1 atom stereocenters. The van der Waals surface area contributed by atoms with Crippen LogP contribution in [-0.4, -0.2) is 72.5 Å². The average molecular weight is 698 g/mol. The van der Waals surface area contributed by atoms with Crippen LogP contribution in [0.15, 0.2) is 47.6 Å². The number of aromatic nitrogens is 4. The highest BCUT2D eigenvalue weighted by Crippen LogP contribution is 2.59. The number of carbonyl (C=O) groups excluding carboxylic acids is 1. The van der Waals surface area contributed by atoms with Crippen LogP contribution >= 0.6 is 11.6 Å². The predicted octanol–water partition coefficient (Wildman–Crippen LogP) is 5.54. The van der Waals surface area contributed by atoms with Crippen LogP contribution in [0.5, 0.6) is 5.88 Å². The molecular formula is C31H39ClF3N7O4S. The molecule has 2 aliphatic rings. The van der Waals surface area contributed by atoms with Crippen LogP contribution in [0.3, 0.4) is 0 Å².